The van der Waals surface area contributed by atoms with Gasteiger partial charge in [0.25, 0.3) is 0 Å². The molecule has 0 aliphatic carbocycles. The molecule has 2 heterocycles. The number of sulfone groups is 1. The van der Waals surface area contributed by atoms with Gasteiger partial charge in [0.2, 0.25) is 0 Å². The SMILES string of the molecule is Cc1c[nH]c(=S)n1CC1CCCS1(=O)=O. The summed E-state index contributed by atoms with van der Waals surface area (Å²) in [5, 5.41) is -0.251. The molecule has 0 aromatic carbocycles. The van der Waals surface area contributed by atoms with Crippen molar-refractivity contribution in [2.75, 3.05) is 5.75 Å². The summed E-state index contributed by atoms with van der Waals surface area (Å²) in [6.45, 7) is 2.42. The molecule has 0 radical (unpaired) electrons. The van der Waals surface area contributed by atoms with Gasteiger partial charge in [-0.15, -0.1) is 0 Å². The van der Waals surface area contributed by atoms with Crippen molar-refractivity contribution in [2.24, 2.45) is 0 Å². The van der Waals surface area contributed by atoms with Gasteiger partial charge in [-0.2, -0.15) is 0 Å². The Morgan fingerprint density at radius 3 is 2.87 bits per heavy atom. The molecule has 0 spiro atoms. The first-order valence-corrected chi connectivity index (χ1v) is 7.09. The fourth-order valence-electron chi connectivity index (χ4n) is 1.98. The minimum Gasteiger partial charge on any atom is -0.337 e. The molecule has 1 unspecified atom stereocenters. The van der Waals surface area contributed by atoms with E-state index < -0.39 is 9.84 Å². The first-order valence-electron chi connectivity index (χ1n) is 4.97. The molecule has 0 bridgehead atoms. The molecule has 0 saturated carbocycles. The van der Waals surface area contributed by atoms with E-state index in [1.807, 2.05) is 17.7 Å². The summed E-state index contributed by atoms with van der Waals surface area (Å²) in [5.41, 5.74) is 0.988. The second kappa shape index (κ2) is 3.75. The van der Waals surface area contributed by atoms with Crippen LogP contribution >= 0.6 is 12.2 Å². The van der Waals surface area contributed by atoms with Crippen LogP contribution < -0.4 is 0 Å². The normalized spacial score (nSPS) is 24.5. The summed E-state index contributed by atoms with van der Waals surface area (Å²) in [6, 6.07) is 0. The van der Waals surface area contributed by atoms with Gasteiger partial charge < -0.3 is 9.55 Å². The van der Waals surface area contributed by atoms with Crippen LogP contribution in [0.1, 0.15) is 18.5 Å². The molecule has 1 aromatic rings. The monoisotopic (exact) mass is 246 g/mol. The average Bonchev–Trinajstić information content (AvgIpc) is 2.63. The first-order chi connectivity index (χ1) is 7.00. The number of hydrogen-bond donors (Lipinski definition) is 1. The number of aryl methyl sites for hydroxylation is 1. The number of nitrogens with one attached hydrogen (secondary N) is 1. The van der Waals surface area contributed by atoms with Crippen molar-refractivity contribution >= 4 is 22.1 Å². The Kier molecular flexibility index (Phi) is 2.72. The van der Waals surface area contributed by atoms with Crippen LogP contribution in [-0.2, 0) is 16.4 Å². The number of H-pyrrole nitrogens is 1. The maximum Gasteiger partial charge on any atom is 0.177 e. The molecule has 1 aromatic heterocycles. The summed E-state index contributed by atoms with van der Waals surface area (Å²) < 4.78 is 25.8. The van der Waals surface area contributed by atoms with Crippen molar-refractivity contribution in [2.45, 2.75) is 31.6 Å². The van der Waals surface area contributed by atoms with Gasteiger partial charge in [0, 0.05) is 18.4 Å². The Bertz CT molecular complexity index is 512. The Balaban J connectivity index is 2.27. The van der Waals surface area contributed by atoms with E-state index in [9.17, 15) is 8.42 Å². The number of imidazole rings is 1. The van der Waals surface area contributed by atoms with Gasteiger partial charge in [-0.3, -0.25) is 0 Å². The summed E-state index contributed by atoms with van der Waals surface area (Å²) in [6.07, 6.45) is 3.35. The molecule has 2 rings (SSSR count). The zero-order chi connectivity index (χ0) is 11.1. The van der Waals surface area contributed by atoms with Crippen molar-refractivity contribution in [1.29, 1.82) is 0 Å². The quantitative estimate of drug-likeness (QED) is 0.803. The van der Waals surface area contributed by atoms with Gasteiger partial charge in [-0.05, 0) is 32.0 Å². The lowest BCUT2D eigenvalue weighted by Crippen LogP contribution is -2.22. The molecule has 1 aliphatic heterocycles. The van der Waals surface area contributed by atoms with E-state index in [1.165, 1.54) is 0 Å². The Labute approximate surface area is 94.2 Å². The van der Waals surface area contributed by atoms with Crippen molar-refractivity contribution in [3.63, 3.8) is 0 Å². The van der Waals surface area contributed by atoms with Crippen molar-refractivity contribution < 1.29 is 8.42 Å². The highest BCUT2D eigenvalue weighted by Gasteiger charge is 2.31. The molecule has 1 atom stereocenters. The molecule has 0 amide bonds. The highest BCUT2D eigenvalue weighted by molar-refractivity contribution is 7.92. The topological polar surface area (TPSA) is 54.9 Å². The minimum absolute atomic E-state index is 0.251. The van der Waals surface area contributed by atoms with E-state index in [1.54, 1.807) is 0 Å². The molecule has 4 nitrogen and oxygen atoms in total. The van der Waals surface area contributed by atoms with Crippen LogP contribution in [0.2, 0.25) is 0 Å². The molecule has 1 N–H and O–H groups in total. The van der Waals surface area contributed by atoms with Crippen LogP contribution in [-0.4, -0.2) is 29.0 Å². The zero-order valence-electron chi connectivity index (χ0n) is 8.56. The van der Waals surface area contributed by atoms with Crippen LogP contribution in [0.3, 0.4) is 0 Å². The van der Waals surface area contributed by atoms with Gasteiger partial charge in [-0.1, -0.05) is 0 Å². The molecule has 1 saturated heterocycles. The van der Waals surface area contributed by atoms with E-state index in [0.29, 0.717) is 17.1 Å². The van der Waals surface area contributed by atoms with Crippen LogP contribution in [0, 0.1) is 11.7 Å². The number of aromatic nitrogens is 2. The van der Waals surface area contributed by atoms with Crippen LogP contribution in [0.15, 0.2) is 6.20 Å². The number of hydrogen-bond acceptors (Lipinski definition) is 3. The molecule has 15 heavy (non-hydrogen) atoms. The van der Waals surface area contributed by atoms with Gasteiger partial charge in [-0.25, -0.2) is 8.42 Å². The third-order valence-corrected chi connectivity index (χ3v) is 5.52. The Morgan fingerprint density at radius 1 is 1.67 bits per heavy atom. The second-order valence-electron chi connectivity index (χ2n) is 3.98. The molecular formula is C9H14N2O2S2. The van der Waals surface area contributed by atoms with Gasteiger partial charge in [0.05, 0.1) is 11.0 Å². The van der Waals surface area contributed by atoms with E-state index >= 15 is 0 Å². The maximum atomic E-state index is 11.7. The third-order valence-electron chi connectivity index (χ3n) is 2.92. The predicted octanol–water partition coefficient (Wildman–Crippen LogP) is 1.43. The minimum atomic E-state index is -2.88. The van der Waals surface area contributed by atoms with Crippen LogP contribution in [0.4, 0.5) is 0 Å². The number of aromatic amines is 1. The van der Waals surface area contributed by atoms with Crippen molar-refractivity contribution in [3.05, 3.63) is 16.7 Å². The van der Waals surface area contributed by atoms with Gasteiger partial charge in [0.15, 0.2) is 14.6 Å². The largest absolute Gasteiger partial charge is 0.337 e. The molecule has 1 fully saturated rings. The lowest BCUT2D eigenvalue weighted by atomic mass is 10.2. The lowest BCUT2D eigenvalue weighted by Gasteiger charge is -2.11. The molecule has 84 valence electrons. The van der Waals surface area contributed by atoms with Crippen molar-refractivity contribution in [1.82, 2.24) is 9.55 Å². The fourth-order valence-corrected chi connectivity index (χ4v) is 4.06. The summed E-state index contributed by atoms with van der Waals surface area (Å²) in [5.74, 6) is 0.328. The van der Waals surface area contributed by atoms with E-state index in [0.717, 1.165) is 18.5 Å². The maximum absolute atomic E-state index is 11.7. The highest BCUT2D eigenvalue weighted by Crippen LogP contribution is 2.22. The molecule has 6 heteroatoms. The predicted molar refractivity (Wildman–Crippen MR) is 61.2 cm³/mol. The van der Waals surface area contributed by atoms with E-state index in [-0.39, 0.29) is 5.25 Å². The van der Waals surface area contributed by atoms with Crippen LogP contribution in [0.25, 0.3) is 0 Å². The second-order valence-corrected chi connectivity index (χ2v) is 6.76. The fraction of sp³-hybridized carbons (Fsp3) is 0.667. The van der Waals surface area contributed by atoms with Gasteiger partial charge >= 0.3 is 0 Å². The van der Waals surface area contributed by atoms with E-state index in [4.69, 9.17) is 12.2 Å². The van der Waals surface area contributed by atoms with E-state index in [2.05, 4.69) is 4.98 Å². The van der Waals surface area contributed by atoms with Crippen LogP contribution in [0.5, 0.6) is 0 Å². The Hall–Kier alpha value is -0.620. The number of rotatable bonds is 2. The highest BCUT2D eigenvalue weighted by atomic mass is 32.2. The lowest BCUT2D eigenvalue weighted by molar-refractivity contribution is 0.560. The summed E-state index contributed by atoms with van der Waals surface area (Å²) in [7, 11) is -2.88. The van der Waals surface area contributed by atoms with Crippen molar-refractivity contribution in [3.8, 4) is 0 Å². The third kappa shape index (κ3) is 2.01. The smallest absolute Gasteiger partial charge is 0.177 e. The molecular weight excluding hydrogens is 232 g/mol. The summed E-state index contributed by atoms with van der Waals surface area (Å²) >= 11 is 5.10. The Morgan fingerprint density at radius 2 is 2.40 bits per heavy atom. The summed E-state index contributed by atoms with van der Waals surface area (Å²) in [4.78, 5) is 2.92. The first kappa shape index (κ1) is 10.9. The standard InChI is InChI=1S/C9H14N2O2S2/c1-7-5-10-9(14)11(7)6-8-3-2-4-15(8,12)13/h5,8H,2-4,6H2,1H3,(H,10,14). The average molecular weight is 246 g/mol. The van der Waals surface area contributed by atoms with Gasteiger partial charge in [0.1, 0.15) is 0 Å². The number of nitrogens with zero attached hydrogens (tertiary/aromatic N) is 1. The molecule has 1 aliphatic rings. The zero-order valence-corrected chi connectivity index (χ0v) is 10.2.